The van der Waals surface area contributed by atoms with Crippen LogP contribution < -0.4 is 22.5 Å². The maximum atomic E-state index is 13.7. The highest BCUT2D eigenvalue weighted by Gasteiger charge is 2.29. The van der Waals surface area contributed by atoms with Crippen LogP contribution >= 0.6 is 46.4 Å². The van der Waals surface area contributed by atoms with Gasteiger partial charge in [-0.05, 0) is 98.5 Å². The highest BCUT2D eigenvalue weighted by atomic mass is 35.5. The minimum absolute atomic E-state index is 0.00765. The first-order valence-corrected chi connectivity index (χ1v) is 23.2. The lowest BCUT2D eigenvalue weighted by molar-refractivity contribution is 0.266. The van der Waals surface area contributed by atoms with Gasteiger partial charge in [-0.2, -0.15) is 0 Å². The molecule has 0 atom stereocenters. The Morgan fingerprint density at radius 1 is 0.569 bits per heavy atom. The summed E-state index contributed by atoms with van der Waals surface area (Å²) in [5.41, 5.74) is 2.17. The van der Waals surface area contributed by atoms with Gasteiger partial charge < -0.3 is 5.11 Å². The van der Waals surface area contributed by atoms with Gasteiger partial charge in [-0.3, -0.25) is 37.4 Å². The van der Waals surface area contributed by atoms with Crippen molar-refractivity contribution in [1.82, 2.24) is 37.8 Å². The van der Waals surface area contributed by atoms with Crippen LogP contribution in [0.3, 0.4) is 0 Å². The third-order valence-corrected chi connectivity index (χ3v) is 13.5. The van der Waals surface area contributed by atoms with E-state index in [4.69, 9.17) is 56.4 Å². The number of aliphatic hydroxyl groups is 1. The van der Waals surface area contributed by atoms with Crippen molar-refractivity contribution in [1.29, 1.82) is 0 Å². The number of H-pyrrole nitrogens is 1. The van der Waals surface area contributed by atoms with E-state index < -0.39 is 22.5 Å². The average molecular weight is 955 g/mol. The van der Waals surface area contributed by atoms with Crippen molar-refractivity contribution >= 4 is 68.7 Å². The Labute approximate surface area is 392 Å². The summed E-state index contributed by atoms with van der Waals surface area (Å²) in [5, 5.41) is 11.8. The number of fused-ring (bicyclic) bond motifs is 2. The molecule has 2 aliphatic rings. The van der Waals surface area contributed by atoms with Crippen LogP contribution in [0.4, 0.5) is 0 Å². The zero-order valence-corrected chi connectivity index (χ0v) is 38.1. The number of rotatable bonds is 8. The third-order valence-electron chi connectivity index (χ3n) is 12.3. The Hall–Kier alpha value is -5.70. The Morgan fingerprint density at radius 3 is 1.49 bits per heavy atom. The molecule has 334 valence electrons. The molecule has 0 amide bonds. The topological polar surface area (TPSA) is 155 Å². The molecule has 2 saturated carbocycles. The number of aromatic nitrogens is 8. The van der Waals surface area contributed by atoms with Gasteiger partial charge in [-0.1, -0.05) is 109 Å². The second-order valence-corrected chi connectivity index (χ2v) is 18.0. The largest absolute Gasteiger partial charge is 0.395 e. The third kappa shape index (κ3) is 8.52. The van der Waals surface area contributed by atoms with Crippen molar-refractivity contribution in [2.75, 3.05) is 6.61 Å². The van der Waals surface area contributed by atoms with Crippen molar-refractivity contribution in [3.05, 3.63) is 159 Å². The molecular formula is C48H44Cl4N8O5. The number of aliphatic hydroxyl groups excluding tert-OH is 1. The van der Waals surface area contributed by atoms with Gasteiger partial charge in [0.2, 0.25) is 0 Å². The maximum absolute atomic E-state index is 13.7. The fourth-order valence-corrected chi connectivity index (χ4v) is 9.96. The number of imidazole rings is 2. The molecule has 65 heavy (non-hydrogen) atoms. The normalized spacial score (nSPS) is 14.8. The van der Waals surface area contributed by atoms with Gasteiger partial charge in [0.05, 0.1) is 23.2 Å². The smallest absolute Gasteiger partial charge is 0.333 e. The molecule has 2 aliphatic carbocycles. The van der Waals surface area contributed by atoms with Crippen LogP contribution in [0.25, 0.3) is 56.5 Å². The fraction of sp³-hybridized carbons (Fsp3) is 0.292. The number of benzene rings is 4. The number of nitrogens with one attached hydrogen (secondary N) is 1. The average Bonchev–Trinajstić information content (AvgIpc) is 3.90. The molecule has 0 bridgehead atoms. The van der Waals surface area contributed by atoms with Crippen LogP contribution in [-0.4, -0.2) is 49.5 Å². The predicted octanol–water partition coefficient (Wildman–Crippen LogP) is 10.2. The summed E-state index contributed by atoms with van der Waals surface area (Å²) in [5.74, 6) is 0.967. The molecule has 2 fully saturated rings. The maximum Gasteiger partial charge on any atom is 0.333 e. The van der Waals surface area contributed by atoms with Crippen LogP contribution in [0.5, 0.6) is 0 Å². The number of halogens is 4. The molecule has 8 aromatic rings. The van der Waals surface area contributed by atoms with E-state index in [1.54, 1.807) is 66.8 Å². The first-order valence-electron chi connectivity index (χ1n) is 21.7. The molecule has 0 spiro atoms. The van der Waals surface area contributed by atoms with Gasteiger partial charge in [0, 0.05) is 44.6 Å². The van der Waals surface area contributed by atoms with Gasteiger partial charge in [0.25, 0.3) is 11.1 Å². The quantitative estimate of drug-likeness (QED) is 0.154. The number of hydrogen-bond donors (Lipinski definition) is 2. The second kappa shape index (κ2) is 19.0. The SMILES string of the molecule is O=c1[nH]c(=O)n(C2CCCCC2)c2nc(-c3ccccc3Cl)n(-c3ccc(Cl)cc3)c12.O=c1c2c(nc(-c3ccccc3Cl)n2-c2ccc(Cl)cc2)n(C2CCCCC2)c(=O)n1CCO. The lowest BCUT2D eigenvalue weighted by Crippen LogP contribution is -2.43. The molecule has 13 nitrogen and oxygen atoms in total. The summed E-state index contributed by atoms with van der Waals surface area (Å²) in [4.78, 5) is 65.3. The first-order chi connectivity index (χ1) is 31.5. The van der Waals surface area contributed by atoms with Crippen molar-refractivity contribution in [3.8, 4) is 34.2 Å². The molecule has 0 aliphatic heterocycles. The van der Waals surface area contributed by atoms with E-state index in [1.807, 2.05) is 48.5 Å². The van der Waals surface area contributed by atoms with Gasteiger partial charge >= 0.3 is 11.4 Å². The van der Waals surface area contributed by atoms with Crippen LogP contribution in [0.2, 0.25) is 20.1 Å². The number of nitrogens with zero attached hydrogens (tertiary/aromatic N) is 7. The second-order valence-electron chi connectivity index (χ2n) is 16.3. The summed E-state index contributed by atoms with van der Waals surface area (Å²) in [6, 6.07) is 28.8. The minimum atomic E-state index is -0.498. The van der Waals surface area contributed by atoms with Crippen LogP contribution in [-0.2, 0) is 6.54 Å². The molecule has 4 heterocycles. The lowest BCUT2D eigenvalue weighted by Gasteiger charge is -2.24. The highest BCUT2D eigenvalue weighted by molar-refractivity contribution is 6.33. The van der Waals surface area contributed by atoms with Gasteiger partial charge in [0.1, 0.15) is 11.6 Å². The number of aromatic amines is 1. The van der Waals surface area contributed by atoms with E-state index in [0.717, 1.165) is 68.8 Å². The Morgan fingerprint density at radius 2 is 1.02 bits per heavy atom. The Balaban J connectivity index is 0.000000165. The Bertz CT molecular complexity index is 3280. The fourth-order valence-electron chi connectivity index (χ4n) is 9.27. The highest BCUT2D eigenvalue weighted by Crippen LogP contribution is 2.36. The van der Waals surface area contributed by atoms with E-state index in [9.17, 15) is 24.3 Å². The van der Waals surface area contributed by atoms with E-state index >= 15 is 0 Å². The molecule has 17 heteroatoms. The summed E-state index contributed by atoms with van der Waals surface area (Å²) in [6.07, 6.45) is 9.83. The zero-order valence-electron chi connectivity index (χ0n) is 35.1. The molecule has 10 rings (SSSR count). The summed E-state index contributed by atoms with van der Waals surface area (Å²) in [6.45, 7) is -0.411. The molecule has 2 N–H and O–H groups in total. The monoisotopic (exact) mass is 952 g/mol. The lowest BCUT2D eigenvalue weighted by atomic mass is 9.95. The van der Waals surface area contributed by atoms with E-state index in [2.05, 4.69) is 4.98 Å². The van der Waals surface area contributed by atoms with Gasteiger partial charge in [0.15, 0.2) is 22.3 Å². The van der Waals surface area contributed by atoms with E-state index in [-0.39, 0.29) is 30.8 Å². The molecule has 4 aromatic carbocycles. The summed E-state index contributed by atoms with van der Waals surface area (Å²) >= 11 is 25.3. The van der Waals surface area contributed by atoms with E-state index in [0.29, 0.717) is 71.1 Å². The Kier molecular flexibility index (Phi) is 13.0. The van der Waals surface area contributed by atoms with Crippen LogP contribution in [0, 0.1) is 0 Å². The van der Waals surface area contributed by atoms with Crippen LogP contribution in [0.1, 0.15) is 76.3 Å². The zero-order chi connectivity index (χ0) is 45.4. The van der Waals surface area contributed by atoms with Crippen molar-refractivity contribution in [2.45, 2.75) is 82.8 Å². The van der Waals surface area contributed by atoms with Gasteiger partial charge in [-0.25, -0.2) is 19.6 Å². The van der Waals surface area contributed by atoms with E-state index in [1.165, 1.54) is 0 Å². The number of hydrogen-bond acceptors (Lipinski definition) is 7. The summed E-state index contributed by atoms with van der Waals surface area (Å²) in [7, 11) is 0. The van der Waals surface area contributed by atoms with Crippen LogP contribution in [0.15, 0.2) is 116 Å². The predicted molar refractivity (Wildman–Crippen MR) is 258 cm³/mol. The summed E-state index contributed by atoms with van der Waals surface area (Å²) < 4.78 is 7.91. The molecule has 0 saturated heterocycles. The standard InChI is InChI=1S/C25H24Cl2N4O3.C23H20Cl2N4O2/c26-16-10-12-18(13-11-16)30-21-23(28-22(30)19-8-4-5-9-20(19)27)31(17-6-2-1-3-7-17)25(34)29(14-15-32)24(21)33;24-14-10-12-16(13-11-14)28-19-21(26-20(28)17-8-4-5-9-18(17)25)29(23(31)27-22(19)30)15-6-2-1-3-7-15/h4-5,8-13,17,32H,1-3,6-7,14-15H2;4-5,8-13,15H,1-3,6-7H2,(H,27,30,31). The van der Waals surface area contributed by atoms with Crippen molar-refractivity contribution in [3.63, 3.8) is 0 Å². The molecular weight excluding hydrogens is 910 g/mol. The molecule has 4 aromatic heterocycles. The van der Waals surface area contributed by atoms with Crippen molar-refractivity contribution < 1.29 is 5.11 Å². The molecule has 0 radical (unpaired) electrons. The van der Waals surface area contributed by atoms with Crippen molar-refractivity contribution in [2.24, 2.45) is 0 Å². The van der Waals surface area contributed by atoms with Gasteiger partial charge in [-0.15, -0.1) is 0 Å². The minimum Gasteiger partial charge on any atom is -0.395 e. The molecule has 0 unspecified atom stereocenters. The first kappa shape index (κ1) is 44.5.